The zero-order valence-corrected chi connectivity index (χ0v) is 11.0. The Balaban J connectivity index is 1.98. The second kappa shape index (κ2) is 6.05. The molecule has 2 N–H and O–H groups in total. The van der Waals surface area contributed by atoms with Crippen molar-refractivity contribution in [2.75, 3.05) is 13.1 Å². The van der Waals surface area contributed by atoms with Crippen LogP contribution < -0.4 is 5.73 Å². The van der Waals surface area contributed by atoms with Crippen LogP contribution in [0, 0.1) is 5.82 Å². The lowest BCUT2D eigenvalue weighted by Gasteiger charge is -2.27. The van der Waals surface area contributed by atoms with Gasteiger partial charge in [0.05, 0.1) is 11.6 Å². The number of likely N-dealkylation sites (tertiary alicyclic amines) is 1. The molecule has 0 bridgehead atoms. The van der Waals surface area contributed by atoms with Crippen LogP contribution in [0.4, 0.5) is 4.39 Å². The van der Waals surface area contributed by atoms with Crippen LogP contribution in [0.25, 0.3) is 0 Å². The molecule has 0 atom stereocenters. The molecule has 1 fully saturated rings. The quantitative estimate of drug-likeness (QED) is 0.663. The molecule has 0 radical (unpaired) electrons. The summed E-state index contributed by atoms with van der Waals surface area (Å²) in [7, 11) is 0. The summed E-state index contributed by atoms with van der Waals surface area (Å²) < 4.78 is 13.0. The van der Waals surface area contributed by atoms with Crippen LogP contribution in [0.5, 0.6) is 0 Å². The van der Waals surface area contributed by atoms with Gasteiger partial charge in [-0.1, -0.05) is 17.7 Å². The van der Waals surface area contributed by atoms with E-state index in [0.717, 1.165) is 18.7 Å². The second-order valence-corrected chi connectivity index (χ2v) is 4.88. The van der Waals surface area contributed by atoms with Crippen molar-refractivity contribution in [2.45, 2.75) is 25.8 Å². The van der Waals surface area contributed by atoms with Crippen molar-refractivity contribution >= 4 is 17.6 Å². The van der Waals surface area contributed by atoms with Gasteiger partial charge in [0, 0.05) is 13.1 Å². The maximum Gasteiger partial charge on any atom is 0.191 e. The number of nitrogens with zero attached hydrogens (tertiary/aromatic N) is 2. The molecule has 0 unspecified atom stereocenters. The highest BCUT2D eigenvalue weighted by Gasteiger charge is 2.11. The van der Waals surface area contributed by atoms with Crippen molar-refractivity contribution in [3.8, 4) is 0 Å². The van der Waals surface area contributed by atoms with E-state index < -0.39 is 5.82 Å². The predicted octanol–water partition coefficient (Wildman–Crippen LogP) is 2.78. The Morgan fingerprint density at radius 3 is 2.72 bits per heavy atom. The van der Waals surface area contributed by atoms with E-state index in [0.29, 0.717) is 12.5 Å². The highest BCUT2D eigenvalue weighted by Crippen LogP contribution is 2.16. The van der Waals surface area contributed by atoms with Crippen molar-refractivity contribution in [1.29, 1.82) is 0 Å². The molecule has 0 saturated carbocycles. The van der Waals surface area contributed by atoms with Gasteiger partial charge in [-0.05, 0) is 37.0 Å². The largest absolute Gasteiger partial charge is 0.370 e. The number of guanidine groups is 1. The fraction of sp³-hybridized carbons (Fsp3) is 0.462. The number of benzene rings is 1. The highest BCUT2D eigenvalue weighted by atomic mass is 35.5. The van der Waals surface area contributed by atoms with Crippen LogP contribution >= 0.6 is 11.6 Å². The molecule has 0 aromatic heterocycles. The van der Waals surface area contributed by atoms with Gasteiger partial charge in [0.1, 0.15) is 5.82 Å². The summed E-state index contributed by atoms with van der Waals surface area (Å²) in [5.41, 5.74) is 6.80. The Bertz CT molecular complexity index is 442. The first-order chi connectivity index (χ1) is 8.66. The summed E-state index contributed by atoms with van der Waals surface area (Å²) in [5, 5.41) is 0.124. The third-order valence-electron chi connectivity index (χ3n) is 3.09. The lowest BCUT2D eigenvalue weighted by Crippen LogP contribution is -2.40. The molecule has 1 saturated heterocycles. The average Bonchev–Trinajstić information content (AvgIpc) is 2.41. The normalized spacial score (nSPS) is 17.0. The van der Waals surface area contributed by atoms with E-state index in [1.165, 1.54) is 25.3 Å². The first-order valence-electron chi connectivity index (χ1n) is 6.15. The molecule has 98 valence electrons. The molecule has 1 heterocycles. The summed E-state index contributed by atoms with van der Waals surface area (Å²) in [5.74, 6) is 0.156. The molecule has 2 rings (SSSR count). The third kappa shape index (κ3) is 3.35. The lowest BCUT2D eigenvalue weighted by molar-refractivity contribution is 0.338. The molecule has 0 aliphatic carbocycles. The molecular weight excluding hydrogens is 253 g/mol. The van der Waals surface area contributed by atoms with Crippen molar-refractivity contribution in [3.05, 3.63) is 34.6 Å². The van der Waals surface area contributed by atoms with E-state index in [4.69, 9.17) is 17.3 Å². The Labute approximate surface area is 111 Å². The Morgan fingerprint density at radius 2 is 2.06 bits per heavy atom. The van der Waals surface area contributed by atoms with Crippen LogP contribution in [0.2, 0.25) is 5.02 Å². The van der Waals surface area contributed by atoms with E-state index >= 15 is 0 Å². The Kier molecular flexibility index (Phi) is 4.42. The zero-order chi connectivity index (χ0) is 13.0. The van der Waals surface area contributed by atoms with Crippen molar-refractivity contribution in [1.82, 2.24) is 4.90 Å². The number of rotatable bonds is 2. The van der Waals surface area contributed by atoms with Gasteiger partial charge in [0.2, 0.25) is 0 Å². The molecule has 3 nitrogen and oxygen atoms in total. The number of aliphatic imine (C=N–C) groups is 1. The van der Waals surface area contributed by atoms with Crippen LogP contribution in [-0.2, 0) is 6.54 Å². The molecule has 0 amide bonds. The molecule has 18 heavy (non-hydrogen) atoms. The minimum absolute atomic E-state index is 0.124. The first-order valence-corrected chi connectivity index (χ1v) is 6.53. The summed E-state index contributed by atoms with van der Waals surface area (Å²) in [6, 6.07) is 4.61. The van der Waals surface area contributed by atoms with Gasteiger partial charge in [0.25, 0.3) is 0 Å². The van der Waals surface area contributed by atoms with Gasteiger partial charge in [0.15, 0.2) is 5.96 Å². The fourth-order valence-corrected chi connectivity index (χ4v) is 2.24. The fourth-order valence-electron chi connectivity index (χ4n) is 2.03. The van der Waals surface area contributed by atoms with Crippen molar-refractivity contribution in [2.24, 2.45) is 10.7 Å². The van der Waals surface area contributed by atoms with Crippen LogP contribution in [0.15, 0.2) is 23.2 Å². The first kappa shape index (κ1) is 13.1. The van der Waals surface area contributed by atoms with E-state index in [1.54, 1.807) is 12.1 Å². The lowest BCUT2D eigenvalue weighted by atomic mass is 10.1. The molecule has 1 aromatic carbocycles. The van der Waals surface area contributed by atoms with Crippen LogP contribution in [0.3, 0.4) is 0 Å². The summed E-state index contributed by atoms with van der Waals surface area (Å²) in [6.45, 7) is 2.38. The zero-order valence-electron chi connectivity index (χ0n) is 10.2. The minimum atomic E-state index is -0.409. The molecular formula is C13H17ClFN3. The highest BCUT2D eigenvalue weighted by molar-refractivity contribution is 6.30. The third-order valence-corrected chi connectivity index (χ3v) is 3.38. The maximum atomic E-state index is 13.0. The number of piperidine rings is 1. The molecule has 1 aliphatic rings. The summed E-state index contributed by atoms with van der Waals surface area (Å²) in [4.78, 5) is 6.42. The van der Waals surface area contributed by atoms with E-state index in [2.05, 4.69) is 9.89 Å². The minimum Gasteiger partial charge on any atom is -0.370 e. The van der Waals surface area contributed by atoms with Crippen LogP contribution in [-0.4, -0.2) is 23.9 Å². The monoisotopic (exact) mass is 269 g/mol. The maximum absolute atomic E-state index is 13.0. The Morgan fingerprint density at radius 1 is 1.33 bits per heavy atom. The number of hydrogen-bond acceptors (Lipinski definition) is 1. The van der Waals surface area contributed by atoms with Gasteiger partial charge >= 0.3 is 0 Å². The number of nitrogens with two attached hydrogens (primary N) is 1. The summed E-state index contributed by atoms with van der Waals surface area (Å²) in [6.07, 6.45) is 3.59. The number of halogens is 2. The number of hydrogen-bond donors (Lipinski definition) is 1. The standard InChI is InChI=1S/C13H17ClFN3/c14-11-8-10(4-5-12(11)15)9-17-13(16)18-6-2-1-3-7-18/h4-5,8H,1-3,6-7,9H2,(H2,16,17). The summed E-state index contributed by atoms with van der Waals surface area (Å²) >= 11 is 5.71. The second-order valence-electron chi connectivity index (χ2n) is 4.47. The Hall–Kier alpha value is -1.29. The molecule has 5 heteroatoms. The topological polar surface area (TPSA) is 41.6 Å². The van der Waals surface area contributed by atoms with Gasteiger partial charge in [-0.25, -0.2) is 9.38 Å². The van der Waals surface area contributed by atoms with Gasteiger partial charge in [-0.3, -0.25) is 0 Å². The predicted molar refractivity (Wildman–Crippen MR) is 72.2 cm³/mol. The van der Waals surface area contributed by atoms with Gasteiger partial charge < -0.3 is 10.6 Å². The van der Waals surface area contributed by atoms with Crippen molar-refractivity contribution < 1.29 is 4.39 Å². The SMILES string of the molecule is NC(=NCc1ccc(F)c(Cl)c1)N1CCCCC1. The van der Waals surface area contributed by atoms with Crippen LogP contribution in [0.1, 0.15) is 24.8 Å². The molecule has 0 spiro atoms. The smallest absolute Gasteiger partial charge is 0.191 e. The van der Waals surface area contributed by atoms with E-state index in [-0.39, 0.29) is 5.02 Å². The average molecular weight is 270 g/mol. The molecule has 1 aromatic rings. The molecule has 1 aliphatic heterocycles. The van der Waals surface area contributed by atoms with Gasteiger partial charge in [-0.2, -0.15) is 0 Å². The van der Waals surface area contributed by atoms with Gasteiger partial charge in [-0.15, -0.1) is 0 Å². The van der Waals surface area contributed by atoms with E-state index in [9.17, 15) is 4.39 Å². The van der Waals surface area contributed by atoms with Crippen molar-refractivity contribution in [3.63, 3.8) is 0 Å². The van der Waals surface area contributed by atoms with E-state index in [1.807, 2.05) is 0 Å².